The first-order valence-electron chi connectivity index (χ1n) is 5.89. The molecule has 78 valence electrons. The van der Waals surface area contributed by atoms with Gasteiger partial charge in [0.15, 0.2) is 0 Å². The minimum Gasteiger partial charge on any atom is -0.0625 e. The molecular weight excluding hydrogens is 156 g/mol. The largest absolute Gasteiger partial charge is 0.0625 e. The Morgan fingerprint density at radius 3 is 2.00 bits per heavy atom. The average molecular weight is 182 g/mol. The van der Waals surface area contributed by atoms with Gasteiger partial charge in [-0.3, -0.25) is 0 Å². The molecule has 0 heterocycles. The molecule has 0 amide bonds. The summed E-state index contributed by atoms with van der Waals surface area (Å²) in [5.41, 5.74) is 0.526. The molecule has 1 aliphatic rings. The predicted molar refractivity (Wildman–Crippen MR) is 59.7 cm³/mol. The third kappa shape index (κ3) is 3.32. The zero-order valence-electron chi connectivity index (χ0n) is 10.1. The topological polar surface area (TPSA) is 0 Å². The highest BCUT2D eigenvalue weighted by Gasteiger charge is 2.29. The van der Waals surface area contributed by atoms with E-state index in [0.29, 0.717) is 5.41 Å². The van der Waals surface area contributed by atoms with Gasteiger partial charge in [0.1, 0.15) is 0 Å². The van der Waals surface area contributed by atoms with E-state index in [0.717, 1.165) is 17.8 Å². The molecule has 0 heteroatoms. The zero-order chi connectivity index (χ0) is 10.1. The third-order valence-corrected chi connectivity index (χ3v) is 3.72. The summed E-state index contributed by atoms with van der Waals surface area (Å²) >= 11 is 0. The second kappa shape index (κ2) is 4.02. The monoisotopic (exact) mass is 182 g/mol. The maximum absolute atomic E-state index is 2.43. The van der Waals surface area contributed by atoms with E-state index in [1.807, 2.05) is 0 Å². The second-order valence-corrected chi connectivity index (χ2v) is 6.32. The smallest absolute Gasteiger partial charge is 0.0354 e. The van der Waals surface area contributed by atoms with Gasteiger partial charge in [-0.05, 0) is 42.4 Å². The van der Waals surface area contributed by atoms with E-state index in [1.54, 1.807) is 0 Å². The lowest BCUT2D eigenvalue weighted by atomic mass is 9.75. The molecule has 0 nitrogen and oxygen atoms in total. The molecule has 13 heavy (non-hydrogen) atoms. The van der Waals surface area contributed by atoms with Crippen molar-refractivity contribution in [2.75, 3.05) is 0 Å². The van der Waals surface area contributed by atoms with Gasteiger partial charge in [0, 0.05) is 0 Å². The summed E-state index contributed by atoms with van der Waals surface area (Å²) in [6.07, 6.45) is 5.81. The van der Waals surface area contributed by atoms with Crippen LogP contribution in [0.3, 0.4) is 0 Å². The fraction of sp³-hybridized carbons (Fsp3) is 1.00. The van der Waals surface area contributed by atoms with Crippen molar-refractivity contribution in [1.29, 1.82) is 0 Å². The van der Waals surface area contributed by atoms with Gasteiger partial charge < -0.3 is 0 Å². The van der Waals surface area contributed by atoms with Gasteiger partial charge in [-0.25, -0.2) is 0 Å². The lowest BCUT2D eigenvalue weighted by molar-refractivity contribution is 0.197. The van der Waals surface area contributed by atoms with Crippen molar-refractivity contribution in [2.45, 2.75) is 60.3 Å². The molecule has 0 N–H and O–H groups in total. The van der Waals surface area contributed by atoms with E-state index in [9.17, 15) is 0 Å². The Morgan fingerprint density at radius 2 is 1.46 bits per heavy atom. The van der Waals surface area contributed by atoms with Crippen LogP contribution in [0, 0.1) is 23.2 Å². The second-order valence-electron chi connectivity index (χ2n) is 6.32. The SMILES string of the molecule is CC1CCC(C(C)(C)C)CC(C)C1. The molecule has 0 spiro atoms. The van der Waals surface area contributed by atoms with E-state index in [4.69, 9.17) is 0 Å². The molecule has 0 aromatic carbocycles. The molecule has 1 saturated carbocycles. The number of rotatable bonds is 0. The van der Waals surface area contributed by atoms with Crippen molar-refractivity contribution < 1.29 is 0 Å². The first-order valence-corrected chi connectivity index (χ1v) is 5.89. The average Bonchev–Trinajstić information content (AvgIpc) is 2.09. The van der Waals surface area contributed by atoms with Crippen molar-refractivity contribution in [1.82, 2.24) is 0 Å². The van der Waals surface area contributed by atoms with E-state index in [2.05, 4.69) is 34.6 Å². The van der Waals surface area contributed by atoms with Crippen molar-refractivity contribution in [3.05, 3.63) is 0 Å². The van der Waals surface area contributed by atoms with E-state index >= 15 is 0 Å². The predicted octanol–water partition coefficient (Wildman–Crippen LogP) is 4.49. The molecular formula is C13H26. The van der Waals surface area contributed by atoms with Gasteiger partial charge in [0.2, 0.25) is 0 Å². The van der Waals surface area contributed by atoms with Gasteiger partial charge in [-0.1, -0.05) is 41.0 Å². The fourth-order valence-electron chi connectivity index (χ4n) is 2.78. The molecule has 0 saturated heterocycles. The van der Waals surface area contributed by atoms with Gasteiger partial charge >= 0.3 is 0 Å². The van der Waals surface area contributed by atoms with Crippen LogP contribution in [-0.4, -0.2) is 0 Å². The van der Waals surface area contributed by atoms with Crippen LogP contribution in [0.5, 0.6) is 0 Å². The summed E-state index contributed by atoms with van der Waals surface area (Å²) in [6, 6.07) is 0. The normalized spacial score (nSPS) is 37.2. The molecule has 0 bridgehead atoms. The molecule has 1 fully saturated rings. The maximum Gasteiger partial charge on any atom is -0.0354 e. The van der Waals surface area contributed by atoms with Crippen molar-refractivity contribution in [2.24, 2.45) is 23.2 Å². The Hall–Kier alpha value is 0. The first-order chi connectivity index (χ1) is 5.89. The fourth-order valence-corrected chi connectivity index (χ4v) is 2.78. The van der Waals surface area contributed by atoms with E-state index < -0.39 is 0 Å². The summed E-state index contributed by atoms with van der Waals surface area (Å²) in [5.74, 6) is 2.86. The maximum atomic E-state index is 2.43. The molecule has 1 rings (SSSR count). The van der Waals surface area contributed by atoms with Crippen LogP contribution in [0.25, 0.3) is 0 Å². The lowest BCUT2D eigenvalue weighted by Gasteiger charge is -2.31. The van der Waals surface area contributed by atoms with Gasteiger partial charge in [-0.15, -0.1) is 0 Å². The molecule has 3 unspecified atom stereocenters. The quantitative estimate of drug-likeness (QED) is 0.484. The number of hydrogen-bond donors (Lipinski definition) is 0. The van der Waals surface area contributed by atoms with Crippen molar-refractivity contribution in [3.63, 3.8) is 0 Å². The van der Waals surface area contributed by atoms with Crippen LogP contribution in [0.15, 0.2) is 0 Å². The molecule has 3 atom stereocenters. The third-order valence-electron chi connectivity index (χ3n) is 3.72. The minimum absolute atomic E-state index is 0.526. The van der Waals surface area contributed by atoms with Crippen LogP contribution in [0.2, 0.25) is 0 Å². The highest BCUT2D eigenvalue weighted by Crippen LogP contribution is 2.40. The van der Waals surface area contributed by atoms with Crippen LogP contribution in [0.1, 0.15) is 60.3 Å². The van der Waals surface area contributed by atoms with Crippen LogP contribution >= 0.6 is 0 Å². The molecule has 0 aromatic heterocycles. The lowest BCUT2D eigenvalue weighted by Crippen LogP contribution is -2.21. The summed E-state index contributed by atoms with van der Waals surface area (Å²) in [7, 11) is 0. The minimum atomic E-state index is 0.526. The molecule has 0 aliphatic heterocycles. The van der Waals surface area contributed by atoms with Crippen LogP contribution in [-0.2, 0) is 0 Å². The highest BCUT2D eigenvalue weighted by atomic mass is 14.3. The molecule has 0 aromatic rings. The van der Waals surface area contributed by atoms with E-state index in [-0.39, 0.29) is 0 Å². The summed E-state index contributed by atoms with van der Waals surface area (Å²) in [4.78, 5) is 0. The van der Waals surface area contributed by atoms with Crippen LogP contribution < -0.4 is 0 Å². The van der Waals surface area contributed by atoms with E-state index in [1.165, 1.54) is 25.7 Å². The Kier molecular flexibility index (Phi) is 3.43. The molecule has 0 radical (unpaired) electrons. The summed E-state index contributed by atoms with van der Waals surface area (Å²) in [6.45, 7) is 12.1. The Bertz CT molecular complexity index is 152. The summed E-state index contributed by atoms with van der Waals surface area (Å²) < 4.78 is 0. The molecule has 1 aliphatic carbocycles. The van der Waals surface area contributed by atoms with Gasteiger partial charge in [0.05, 0.1) is 0 Å². The Balaban J connectivity index is 2.58. The highest BCUT2D eigenvalue weighted by molar-refractivity contribution is 4.80. The van der Waals surface area contributed by atoms with Gasteiger partial charge in [0.25, 0.3) is 0 Å². The Labute approximate surface area is 84.1 Å². The van der Waals surface area contributed by atoms with Gasteiger partial charge in [-0.2, -0.15) is 0 Å². The standard InChI is InChI=1S/C13H26/c1-10-6-7-12(13(3,4)5)9-11(2)8-10/h10-12H,6-9H2,1-5H3. The van der Waals surface area contributed by atoms with Crippen LogP contribution in [0.4, 0.5) is 0 Å². The van der Waals surface area contributed by atoms with Crippen molar-refractivity contribution in [3.8, 4) is 0 Å². The van der Waals surface area contributed by atoms with Crippen molar-refractivity contribution >= 4 is 0 Å². The Morgan fingerprint density at radius 1 is 0.846 bits per heavy atom. The summed E-state index contributed by atoms with van der Waals surface area (Å²) in [5, 5.41) is 0. The first kappa shape index (κ1) is 11.1. The zero-order valence-corrected chi connectivity index (χ0v) is 10.1. The number of hydrogen-bond acceptors (Lipinski definition) is 0.